The van der Waals surface area contributed by atoms with Crippen LogP contribution >= 0.6 is 0 Å². The smallest absolute Gasteiger partial charge is 0.240 e. The minimum Gasteiger partial charge on any atom is -0.472 e. The lowest BCUT2D eigenvalue weighted by atomic mass is 10.2. The molecule has 0 saturated carbocycles. The average Bonchev–Trinajstić information content (AvgIpc) is 2.82. The van der Waals surface area contributed by atoms with E-state index in [1.807, 2.05) is 0 Å². The molecule has 1 N–H and O–H groups in total. The minimum absolute atomic E-state index is 0.0519. The molecule has 0 saturated heterocycles. The fraction of sp³-hybridized carbons (Fsp3) is 0.167. The van der Waals surface area contributed by atoms with E-state index < -0.39 is 15.8 Å². The van der Waals surface area contributed by atoms with Gasteiger partial charge in [0.25, 0.3) is 0 Å². The molecule has 1 aromatic heterocycles. The van der Waals surface area contributed by atoms with Gasteiger partial charge in [-0.3, -0.25) is 0 Å². The molecule has 0 unspecified atom stereocenters. The van der Waals surface area contributed by atoms with E-state index in [0.29, 0.717) is 6.42 Å². The fourth-order valence-electron chi connectivity index (χ4n) is 1.46. The fourth-order valence-corrected chi connectivity index (χ4v) is 2.49. The zero-order chi connectivity index (χ0) is 13.0. The van der Waals surface area contributed by atoms with E-state index in [2.05, 4.69) is 4.72 Å². The van der Waals surface area contributed by atoms with E-state index in [1.165, 1.54) is 18.4 Å². The highest BCUT2D eigenvalue weighted by Crippen LogP contribution is 2.09. The van der Waals surface area contributed by atoms with Gasteiger partial charge < -0.3 is 4.42 Å². The molecule has 0 aliphatic rings. The summed E-state index contributed by atoms with van der Waals surface area (Å²) in [6, 6.07) is 6.46. The molecule has 0 atom stereocenters. The van der Waals surface area contributed by atoms with E-state index in [9.17, 15) is 12.8 Å². The Balaban J connectivity index is 1.97. The number of sulfonamides is 1. The lowest BCUT2D eigenvalue weighted by molar-refractivity contribution is 0.562. The van der Waals surface area contributed by atoms with Crippen molar-refractivity contribution in [3.05, 3.63) is 54.2 Å². The molecule has 0 amide bonds. The molecule has 4 nitrogen and oxygen atoms in total. The first-order valence-electron chi connectivity index (χ1n) is 5.34. The second-order valence-corrected chi connectivity index (χ2v) is 5.50. The highest BCUT2D eigenvalue weighted by molar-refractivity contribution is 7.89. The molecule has 1 aromatic carbocycles. The Hall–Kier alpha value is -1.66. The molecule has 0 spiro atoms. The van der Waals surface area contributed by atoms with Gasteiger partial charge in [-0.2, -0.15) is 0 Å². The van der Waals surface area contributed by atoms with Gasteiger partial charge in [-0.05, 0) is 42.3 Å². The molecule has 6 heteroatoms. The van der Waals surface area contributed by atoms with Crippen molar-refractivity contribution in [2.75, 3.05) is 6.54 Å². The highest BCUT2D eigenvalue weighted by Gasteiger charge is 2.13. The Labute approximate surface area is 104 Å². The minimum atomic E-state index is -3.58. The standard InChI is InChI=1S/C12H12FNO3S/c13-11-1-3-12(4-2-11)18(15,16)14-7-5-10-6-8-17-9-10/h1-4,6,8-9,14H,5,7H2. The number of nitrogens with one attached hydrogen (secondary N) is 1. The quantitative estimate of drug-likeness (QED) is 0.902. The Morgan fingerprint density at radius 2 is 1.89 bits per heavy atom. The lowest BCUT2D eigenvalue weighted by Crippen LogP contribution is -2.25. The first-order chi connectivity index (χ1) is 8.58. The number of halogens is 1. The number of furan rings is 1. The topological polar surface area (TPSA) is 59.3 Å². The van der Waals surface area contributed by atoms with Crippen LogP contribution in [0, 0.1) is 5.82 Å². The van der Waals surface area contributed by atoms with Crippen molar-refractivity contribution in [1.29, 1.82) is 0 Å². The summed E-state index contributed by atoms with van der Waals surface area (Å²) in [4.78, 5) is 0.0519. The van der Waals surface area contributed by atoms with E-state index in [-0.39, 0.29) is 11.4 Å². The lowest BCUT2D eigenvalue weighted by Gasteiger charge is -2.05. The van der Waals surface area contributed by atoms with Gasteiger partial charge in [-0.25, -0.2) is 17.5 Å². The maximum Gasteiger partial charge on any atom is 0.240 e. The summed E-state index contributed by atoms with van der Waals surface area (Å²) in [5.74, 6) is -0.465. The van der Waals surface area contributed by atoms with Crippen LogP contribution in [-0.2, 0) is 16.4 Å². The maximum atomic E-state index is 12.7. The Morgan fingerprint density at radius 1 is 1.17 bits per heavy atom. The summed E-state index contributed by atoms with van der Waals surface area (Å²) in [5.41, 5.74) is 0.914. The van der Waals surface area contributed by atoms with Crippen molar-refractivity contribution in [3.8, 4) is 0 Å². The third kappa shape index (κ3) is 3.18. The zero-order valence-corrected chi connectivity index (χ0v) is 10.3. The molecule has 0 aliphatic heterocycles. The van der Waals surface area contributed by atoms with Crippen LogP contribution in [0.4, 0.5) is 4.39 Å². The van der Waals surface area contributed by atoms with Crippen LogP contribution in [-0.4, -0.2) is 15.0 Å². The van der Waals surface area contributed by atoms with Gasteiger partial charge in [0.2, 0.25) is 10.0 Å². The van der Waals surface area contributed by atoms with Crippen LogP contribution in [0.2, 0.25) is 0 Å². The Morgan fingerprint density at radius 3 is 2.50 bits per heavy atom. The summed E-state index contributed by atoms with van der Waals surface area (Å²) in [6.07, 6.45) is 3.63. The molecule has 18 heavy (non-hydrogen) atoms. The summed E-state index contributed by atoms with van der Waals surface area (Å²) in [6.45, 7) is 0.263. The molecule has 0 aliphatic carbocycles. The third-order valence-electron chi connectivity index (χ3n) is 2.41. The molecule has 2 rings (SSSR count). The Kier molecular flexibility index (Phi) is 3.78. The molecular formula is C12H12FNO3S. The predicted octanol–water partition coefficient (Wildman–Crippen LogP) is 1.94. The van der Waals surface area contributed by atoms with E-state index >= 15 is 0 Å². The molecule has 96 valence electrons. The van der Waals surface area contributed by atoms with Gasteiger partial charge in [-0.15, -0.1) is 0 Å². The molecular weight excluding hydrogens is 257 g/mol. The maximum absolute atomic E-state index is 12.7. The van der Waals surface area contributed by atoms with Gasteiger partial charge >= 0.3 is 0 Å². The SMILES string of the molecule is O=S(=O)(NCCc1ccoc1)c1ccc(F)cc1. The second-order valence-electron chi connectivity index (χ2n) is 3.73. The van der Waals surface area contributed by atoms with Crippen molar-refractivity contribution in [2.45, 2.75) is 11.3 Å². The summed E-state index contributed by atoms with van der Waals surface area (Å²) in [5, 5.41) is 0. The summed E-state index contributed by atoms with van der Waals surface area (Å²) >= 11 is 0. The van der Waals surface area contributed by atoms with Gasteiger partial charge in [0.05, 0.1) is 17.4 Å². The Bertz CT molecular complexity index is 591. The summed E-state index contributed by atoms with van der Waals surface area (Å²) in [7, 11) is -3.58. The number of benzene rings is 1. The molecule has 2 aromatic rings. The van der Waals surface area contributed by atoms with Gasteiger partial charge in [0.1, 0.15) is 5.82 Å². The number of hydrogen-bond donors (Lipinski definition) is 1. The van der Waals surface area contributed by atoms with Crippen LogP contribution < -0.4 is 4.72 Å². The molecule has 0 fully saturated rings. The van der Waals surface area contributed by atoms with Gasteiger partial charge in [0, 0.05) is 6.54 Å². The van der Waals surface area contributed by atoms with E-state index in [4.69, 9.17) is 4.42 Å². The number of hydrogen-bond acceptors (Lipinski definition) is 3. The van der Waals surface area contributed by atoms with Crippen LogP contribution in [0.5, 0.6) is 0 Å². The normalized spacial score (nSPS) is 11.6. The van der Waals surface area contributed by atoms with Crippen molar-refractivity contribution >= 4 is 10.0 Å². The average molecular weight is 269 g/mol. The van der Waals surface area contributed by atoms with Crippen LogP contribution in [0.25, 0.3) is 0 Å². The van der Waals surface area contributed by atoms with Crippen molar-refractivity contribution < 1.29 is 17.2 Å². The predicted molar refractivity (Wildman–Crippen MR) is 64.0 cm³/mol. The second kappa shape index (κ2) is 5.32. The van der Waals surface area contributed by atoms with Crippen LogP contribution in [0.3, 0.4) is 0 Å². The first-order valence-corrected chi connectivity index (χ1v) is 6.82. The van der Waals surface area contributed by atoms with Gasteiger partial charge in [0.15, 0.2) is 0 Å². The monoisotopic (exact) mass is 269 g/mol. The third-order valence-corrected chi connectivity index (χ3v) is 3.89. The van der Waals surface area contributed by atoms with Crippen LogP contribution in [0.15, 0.2) is 52.2 Å². The highest BCUT2D eigenvalue weighted by atomic mass is 32.2. The molecule has 0 radical (unpaired) electrons. The largest absolute Gasteiger partial charge is 0.472 e. The van der Waals surface area contributed by atoms with Crippen LogP contribution in [0.1, 0.15) is 5.56 Å². The van der Waals surface area contributed by atoms with Crippen molar-refractivity contribution in [2.24, 2.45) is 0 Å². The summed E-state index contributed by atoms with van der Waals surface area (Å²) < 4.78 is 43.6. The molecule has 1 heterocycles. The molecule has 0 bridgehead atoms. The number of rotatable bonds is 5. The van der Waals surface area contributed by atoms with E-state index in [1.54, 1.807) is 12.3 Å². The first kappa shape index (κ1) is 12.8. The van der Waals surface area contributed by atoms with Gasteiger partial charge in [-0.1, -0.05) is 0 Å². The van der Waals surface area contributed by atoms with E-state index in [0.717, 1.165) is 17.7 Å². The van der Waals surface area contributed by atoms with Crippen molar-refractivity contribution in [3.63, 3.8) is 0 Å². The van der Waals surface area contributed by atoms with Crippen molar-refractivity contribution in [1.82, 2.24) is 4.72 Å². The zero-order valence-electron chi connectivity index (χ0n) is 9.47.